The van der Waals surface area contributed by atoms with Crippen LogP contribution >= 0.6 is 11.6 Å². The molecule has 1 amide bonds. The van der Waals surface area contributed by atoms with Gasteiger partial charge in [0.1, 0.15) is 5.75 Å². The highest BCUT2D eigenvalue weighted by Crippen LogP contribution is 2.15. The Morgan fingerprint density at radius 1 is 1.33 bits per heavy atom. The maximum atomic E-state index is 11.9. The van der Waals surface area contributed by atoms with Crippen molar-refractivity contribution in [2.75, 3.05) is 26.0 Å². The summed E-state index contributed by atoms with van der Waals surface area (Å²) in [6, 6.07) is 5.69. The summed E-state index contributed by atoms with van der Waals surface area (Å²) in [5, 5.41) is 2.89. The molecule has 1 N–H and O–H groups in total. The van der Waals surface area contributed by atoms with Gasteiger partial charge in [0, 0.05) is 18.7 Å². The Hall–Kier alpha value is -1.11. The SMILES string of the molecule is COCCNC(=O)CS(=O)(=O)c1ccc(Cl)cc1. The summed E-state index contributed by atoms with van der Waals surface area (Å²) in [4.78, 5) is 11.5. The van der Waals surface area contributed by atoms with Crippen LogP contribution in [0, 0.1) is 0 Å². The summed E-state index contributed by atoms with van der Waals surface area (Å²) in [5.41, 5.74) is 0. The normalized spacial score (nSPS) is 11.2. The van der Waals surface area contributed by atoms with Gasteiger partial charge in [-0.2, -0.15) is 0 Å². The molecule has 0 aliphatic rings. The van der Waals surface area contributed by atoms with Gasteiger partial charge in [0.2, 0.25) is 5.91 Å². The predicted molar refractivity (Wildman–Crippen MR) is 68.4 cm³/mol. The third kappa shape index (κ3) is 4.64. The zero-order valence-corrected chi connectivity index (χ0v) is 11.4. The molecule has 0 unspecified atom stereocenters. The van der Waals surface area contributed by atoms with Gasteiger partial charge in [-0.15, -0.1) is 0 Å². The van der Waals surface area contributed by atoms with E-state index >= 15 is 0 Å². The lowest BCUT2D eigenvalue weighted by molar-refractivity contribution is -0.118. The molecule has 0 bridgehead atoms. The van der Waals surface area contributed by atoms with Crippen LogP contribution in [0.15, 0.2) is 29.2 Å². The summed E-state index contributed by atoms with van der Waals surface area (Å²) in [6.07, 6.45) is 0. The largest absolute Gasteiger partial charge is 0.383 e. The minimum absolute atomic E-state index is 0.0776. The number of methoxy groups -OCH3 is 1. The molecular weight excluding hydrogens is 278 g/mol. The van der Waals surface area contributed by atoms with E-state index < -0.39 is 21.5 Å². The fourth-order valence-electron chi connectivity index (χ4n) is 1.24. The third-order valence-electron chi connectivity index (χ3n) is 2.12. The van der Waals surface area contributed by atoms with E-state index in [0.29, 0.717) is 11.6 Å². The number of halogens is 1. The van der Waals surface area contributed by atoms with Crippen molar-refractivity contribution in [2.45, 2.75) is 4.90 Å². The number of carbonyl (C=O) groups excluding carboxylic acids is 1. The molecule has 0 spiro atoms. The van der Waals surface area contributed by atoms with E-state index in [1.165, 1.54) is 31.4 Å². The van der Waals surface area contributed by atoms with Gasteiger partial charge in [-0.3, -0.25) is 4.79 Å². The van der Waals surface area contributed by atoms with Crippen molar-refractivity contribution >= 4 is 27.3 Å². The summed E-state index contributed by atoms with van der Waals surface area (Å²) >= 11 is 5.66. The van der Waals surface area contributed by atoms with Crippen LogP contribution in [-0.4, -0.2) is 40.3 Å². The van der Waals surface area contributed by atoms with Gasteiger partial charge in [0.25, 0.3) is 0 Å². The molecule has 0 radical (unpaired) electrons. The number of sulfone groups is 1. The number of hydrogen-bond donors (Lipinski definition) is 1. The molecule has 0 saturated carbocycles. The van der Waals surface area contributed by atoms with Crippen LogP contribution in [0.3, 0.4) is 0 Å². The Morgan fingerprint density at radius 2 is 1.94 bits per heavy atom. The molecule has 0 fully saturated rings. The van der Waals surface area contributed by atoms with E-state index in [9.17, 15) is 13.2 Å². The summed E-state index contributed by atoms with van der Waals surface area (Å²) in [5.74, 6) is -1.14. The lowest BCUT2D eigenvalue weighted by atomic mass is 10.4. The van der Waals surface area contributed by atoms with Gasteiger partial charge in [0.15, 0.2) is 9.84 Å². The number of hydrogen-bond acceptors (Lipinski definition) is 4. The molecule has 100 valence electrons. The standard InChI is InChI=1S/C11H14ClNO4S/c1-17-7-6-13-11(14)8-18(15,16)10-4-2-9(12)3-5-10/h2-5H,6-8H2,1H3,(H,13,14). The van der Waals surface area contributed by atoms with Crippen LogP contribution in [0.2, 0.25) is 5.02 Å². The van der Waals surface area contributed by atoms with Crippen molar-refractivity contribution in [1.82, 2.24) is 5.32 Å². The first-order valence-corrected chi connectivity index (χ1v) is 7.22. The van der Waals surface area contributed by atoms with Crippen LogP contribution in [0.25, 0.3) is 0 Å². The molecule has 0 aliphatic carbocycles. The average molecular weight is 292 g/mol. The molecule has 1 rings (SSSR count). The molecule has 1 aromatic carbocycles. The lowest BCUT2D eigenvalue weighted by Crippen LogP contribution is -2.32. The quantitative estimate of drug-likeness (QED) is 0.790. The zero-order chi connectivity index (χ0) is 13.6. The second-order valence-corrected chi connectivity index (χ2v) is 5.98. The number of carbonyl (C=O) groups is 1. The highest BCUT2D eigenvalue weighted by molar-refractivity contribution is 7.92. The molecule has 0 aromatic heterocycles. The van der Waals surface area contributed by atoms with Gasteiger partial charge in [0.05, 0.1) is 11.5 Å². The Kier molecular flexibility index (Phi) is 5.58. The van der Waals surface area contributed by atoms with E-state index in [-0.39, 0.29) is 11.4 Å². The number of ether oxygens (including phenoxy) is 1. The van der Waals surface area contributed by atoms with E-state index in [1.807, 2.05) is 0 Å². The number of amides is 1. The van der Waals surface area contributed by atoms with Crippen molar-refractivity contribution in [3.05, 3.63) is 29.3 Å². The van der Waals surface area contributed by atoms with Gasteiger partial charge < -0.3 is 10.1 Å². The van der Waals surface area contributed by atoms with Crippen LogP contribution in [0.4, 0.5) is 0 Å². The minimum Gasteiger partial charge on any atom is -0.383 e. The first kappa shape index (κ1) is 14.9. The molecule has 18 heavy (non-hydrogen) atoms. The molecular formula is C11H14ClNO4S. The van der Waals surface area contributed by atoms with E-state index in [1.54, 1.807) is 0 Å². The van der Waals surface area contributed by atoms with E-state index in [0.717, 1.165) is 0 Å². The van der Waals surface area contributed by atoms with Crippen molar-refractivity contribution in [2.24, 2.45) is 0 Å². The first-order valence-electron chi connectivity index (χ1n) is 5.19. The monoisotopic (exact) mass is 291 g/mol. The second kappa shape index (κ2) is 6.72. The number of nitrogens with one attached hydrogen (secondary N) is 1. The van der Waals surface area contributed by atoms with Gasteiger partial charge in [-0.05, 0) is 24.3 Å². The topological polar surface area (TPSA) is 72.5 Å². The van der Waals surface area contributed by atoms with Crippen molar-refractivity contribution in [3.63, 3.8) is 0 Å². The predicted octanol–water partition coefficient (Wildman–Crippen LogP) is 0.876. The second-order valence-electron chi connectivity index (χ2n) is 3.56. The maximum Gasteiger partial charge on any atom is 0.235 e. The van der Waals surface area contributed by atoms with Crippen LogP contribution in [-0.2, 0) is 19.4 Å². The fourth-order valence-corrected chi connectivity index (χ4v) is 2.53. The molecule has 7 heteroatoms. The summed E-state index contributed by atoms with van der Waals surface area (Å²) in [7, 11) is -2.13. The van der Waals surface area contributed by atoms with E-state index in [2.05, 4.69) is 5.32 Å². The van der Waals surface area contributed by atoms with Crippen LogP contribution in [0.5, 0.6) is 0 Å². The maximum absolute atomic E-state index is 11.9. The summed E-state index contributed by atoms with van der Waals surface area (Å²) < 4.78 is 28.4. The summed E-state index contributed by atoms with van der Waals surface area (Å²) in [6.45, 7) is 0.623. The van der Waals surface area contributed by atoms with Crippen LogP contribution in [0.1, 0.15) is 0 Å². The fraction of sp³-hybridized carbons (Fsp3) is 0.364. The number of rotatable bonds is 6. The van der Waals surface area contributed by atoms with Gasteiger partial charge in [-0.25, -0.2) is 8.42 Å². The van der Waals surface area contributed by atoms with E-state index in [4.69, 9.17) is 16.3 Å². The van der Waals surface area contributed by atoms with Crippen LogP contribution < -0.4 is 5.32 Å². The van der Waals surface area contributed by atoms with Gasteiger partial charge >= 0.3 is 0 Å². The first-order chi connectivity index (χ1) is 8.45. The highest BCUT2D eigenvalue weighted by atomic mass is 35.5. The molecule has 5 nitrogen and oxygen atoms in total. The Balaban J connectivity index is 2.64. The Bertz CT molecular complexity index is 498. The Labute approximate surface area is 111 Å². The minimum atomic E-state index is -3.62. The molecule has 0 saturated heterocycles. The van der Waals surface area contributed by atoms with Gasteiger partial charge in [-0.1, -0.05) is 11.6 Å². The van der Waals surface area contributed by atoms with Crippen molar-refractivity contribution in [3.8, 4) is 0 Å². The lowest BCUT2D eigenvalue weighted by Gasteiger charge is -2.06. The van der Waals surface area contributed by atoms with Crippen molar-refractivity contribution in [1.29, 1.82) is 0 Å². The number of benzene rings is 1. The van der Waals surface area contributed by atoms with Crippen molar-refractivity contribution < 1.29 is 17.9 Å². The molecule has 0 heterocycles. The zero-order valence-electron chi connectivity index (χ0n) is 9.85. The molecule has 1 aromatic rings. The highest BCUT2D eigenvalue weighted by Gasteiger charge is 2.18. The molecule has 0 aliphatic heterocycles. The Morgan fingerprint density at radius 3 is 2.50 bits per heavy atom. The third-order valence-corrected chi connectivity index (χ3v) is 4.01. The molecule has 0 atom stereocenters. The smallest absolute Gasteiger partial charge is 0.235 e. The average Bonchev–Trinajstić information content (AvgIpc) is 2.29.